The highest BCUT2D eigenvalue weighted by atomic mass is 19.4. The lowest BCUT2D eigenvalue weighted by Gasteiger charge is -2.16. The molecule has 4 aromatic rings. The second-order valence-corrected chi connectivity index (χ2v) is 11.1. The Labute approximate surface area is 236 Å². The molecule has 0 bridgehead atoms. The fourth-order valence-electron chi connectivity index (χ4n) is 5.93. The number of nitrogens with one attached hydrogen (secondary N) is 1. The fourth-order valence-corrected chi connectivity index (χ4v) is 5.93. The lowest BCUT2D eigenvalue weighted by Crippen LogP contribution is -2.34. The van der Waals surface area contributed by atoms with E-state index in [1.807, 2.05) is 47.4 Å². The number of hydrogen-bond acceptors (Lipinski definition) is 5. The summed E-state index contributed by atoms with van der Waals surface area (Å²) in [6.45, 7) is 1.32. The zero-order valence-electron chi connectivity index (χ0n) is 23.2. The number of para-hydroxylation sites is 2. The van der Waals surface area contributed by atoms with Crippen molar-refractivity contribution in [1.29, 1.82) is 0 Å². The molecule has 0 radical (unpaired) electrons. The van der Waals surface area contributed by atoms with E-state index in [0.29, 0.717) is 30.0 Å². The Morgan fingerprint density at radius 1 is 1.02 bits per heavy atom. The van der Waals surface area contributed by atoms with Crippen LogP contribution in [-0.2, 0) is 13.0 Å². The first-order valence-corrected chi connectivity index (χ1v) is 14.5. The van der Waals surface area contributed by atoms with Crippen LogP contribution in [0.4, 0.5) is 13.2 Å². The van der Waals surface area contributed by atoms with Gasteiger partial charge in [-0.2, -0.15) is 18.3 Å². The number of alkyl halides is 3. The van der Waals surface area contributed by atoms with Gasteiger partial charge in [0.05, 0.1) is 5.52 Å². The van der Waals surface area contributed by atoms with Crippen molar-refractivity contribution in [1.82, 2.24) is 20.1 Å². The van der Waals surface area contributed by atoms with Gasteiger partial charge < -0.3 is 9.73 Å². The molecule has 1 amide bonds. The molecule has 5 rings (SSSR count). The van der Waals surface area contributed by atoms with Gasteiger partial charge in [0.1, 0.15) is 12.1 Å². The summed E-state index contributed by atoms with van der Waals surface area (Å²) in [6, 6.07) is 10.7. The number of fused-ring (bicyclic) bond motifs is 2. The van der Waals surface area contributed by atoms with Crippen LogP contribution < -0.4 is 5.32 Å². The molecule has 41 heavy (non-hydrogen) atoms. The third kappa shape index (κ3) is 6.97. The fraction of sp³-hybridized carbons (Fsp3) is 0.484. The first kappa shape index (κ1) is 28.8. The highest BCUT2D eigenvalue weighted by Gasteiger charge is 2.29. The Balaban J connectivity index is 1.26. The van der Waals surface area contributed by atoms with Gasteiger partial charge in [-0.1, -0.05) is 44.7 Å². The number of hydrogen-bond donors (Lipinski definition) is 1. The molecule has 2 atom stereocenters. The quantitative estimate of drug-likeness (QED) is 0.226. The molecule has 0 spiro atoms. The molecule has 2 aromatic heterocycles. The van der Waals surface area contributed by atoms with E-state index in [4.69, 9.17) is 9.52 Å². The van der Waals surface area contributed by atoms with Crippen molar-refractivity contribution in [3.63, 3.8) is 0 Å². The number of amides is 1. The highest BCUT2D eigenvalue weighted by Crippen LogP contribution is 2.30. The van der Waals surface area contributed by atoms with E-state index < -0.39 is 18.6 Å². The number of Topliss-reactive ketones (excluding diaryl/α,β-unsaturated/α-hetero) is 1. The third-order valence-electron chi connectivity index (χ3n) is 7.94. The maximum Gasteiger partial charge on any atom is 0.405 e. The average molecular weight is 569 g/mol. The van der Waals surface area contributed by atoms with E-state index in [9.17, 15) is 22.8 Å². The maximum absolute atomic E-state index is 13.2. The molecule has 10 heteroatoms. The molecule has 1 fully saturated rings. The van der Waals surface area contributed by atoms with E-state index in [2.05, 4.69) is 4.98 Å². The summed E-state index contributed by atoms with van der Waals surface area (Å²) < 4.78 is 45.7. The third-order valence-corrected chi connectivity index (χ3v) is 7.94. The van der Waals surface area contributed by atoms with Gasteiger partial charge in [-0.15, -0.1) is 0 Å². The minimum absolute atomic E-state index is 0.0171. The maximum atomic E-state index is 13.2. The molecule has 1 aliphatic rings. The summed E-state index contributed by atoms with van der Waals surface area (Å²) in [7, 11) is 0. The summed E-state index contributed by atoms with van der Waals surface area (Å²) in [6.07, 6.45) is 5.21. The van der Waals surface area contributed by atoms with Gasteiger partial charge in [0, 0.05) is 29.6 Å². The Morgan fingerprint density at radius 2 is 1.78 bits per heavy atom. The van der Waals surface area contributed by atoms with Crippen LogP contribution in [0.3, 0.4) is 0 Å². The van der Waals surface area contributed by atoms with Crippen LogP contribution >= 0.6 is 0 Å². The summed E-state index contributed by atoms with van der Waals surface area (Å²) in [5.74, 6) is -0.265. The van der Waals surface area contributed by atoms with E-state index in [1.165, 1.54) is 0 Å². The van der Waals surface area contributed by atoms with Crippen LogP contribution in [0, 0.1) is 11.8 Å². The van der Waals surface area contributed by atoms with Crippen LogP contribution in [0.15, 0.2) is 47.0 Å². The second-order valence-electron chi connectivity index (χ2n) is 11.1. The molecule has 2 aromatic carbocycles. The molecule has 2 unspecified atom stereocenters. The predicted octanol–water partition coefficient (Wildman–Crippen LogP) is 7.28. The van der Waals surface area contributed by atoms with Crippen LogP contribution in [0.2, 0.25) is 0 Å². The van der Waals surface area contributed by atoms with Gasteiger partial charge in [-0.25, -0.2) is 4.98 Å². The number of aromatic nitrogens is 3. The largest absolute Gasteiger partial charge is 0.434 e. The molecule has 2 heterocycles. The number of ketones is 1. The smallest absolute Gasteiger partial charge is 0.405 e. The lowest BCUT2D eigenvalue weighted by atomic mass is 9.92. The first-order valence-electron chi connectivity index (χ1n) is 14.5. The van der Waals surface area contributed by atoms with Gasteiger partial charge in [-0.3, -0.25) is 14.3 Å². The Morgan fingerprint density at radius 3 is 2.56 bits per heavy atom. The Kier molecular flexibility index (Phi) is 8.75. The Bertz CT molecular complexity index is 1490. The van der Waals surface area contributed by atoms with Crippen molar-refractivity contribution in [3.8, 4) is 0 Å². The normalized spacial score (nSPS) is 18.6. The van der Waals surface area contributed by atoms with Crippen LogP contribution in [0.25, 0.3) is 22.0 Å². The van der Waals surface area contributed by atoms with Gasteiger partial charge in [0.15, 0.2) is 5.58 Å². The number of oxazole rings is 1. The number of benzene rings is 2. The standard InChI is InChI=1S/C31H35F3N4O3/c1-2-8-22-23(29(40)35-19-31(32,33)34)15-16-25-24(22)18-38(37-25)17-20-9-3-4-11-21(12-7-10-20)28(39)30-36-26-13-5-6-14-27(26)41-30/h5-6,13-16,18,20-21H,2-4,7-12,17,19H2,1H3,(H,35,40). The highest BCUT2D eigenvalue weighted by molar-refractivity contribution is 6.00. The van der Waals surface area contributed by atoms with Crippen LogP contribution in [-0.4, -0.2) is 39.2 Å². The summed E-state index contributed by atoms with van der Waals surface area (Å²) >= 11 is 0. The molecule has 1 N–H and O–H groups in total. The number of halogens is 3. The molecule has 7 nitrogen and oxygen atoms in total. The predicted molar refractivity (Wildman–Crippen MR) is 150 cm³/mol. The number of carbonyl (C=O) groups excluding carboxylic acids is 2. The van der Waals surface area contributed by atoms with E-state index in [-0.39, 0.29) is 23.2 Å². The second kappa shape index (κ2) is 12.4. The van der Waals surface area contributed by atoms with Gasteiger partial charge >= 0.3 is 6.18 Å². The van der Waals surface area contributed by atoms with Crippen molar-refractivity contribution < 1.29 is 27.2 Å². The van der Waals surface area contributed by atoms with Gasteiger partial charge in [-0.05, 0) is 67.9 Å². The molecule has 0 aliphatic heterocycles. The van der Waals surface area contributed by atoms with Crippen LogP contribution in [0.5, 0.6) is 0 Å². The minimum Gasteiger partial charge on any atom is -0.434 e. The van der Waals surface area contributed by atoms with E-state index in [0.717, 1.165) is 67.8 Å². The average Bonchev–Trinajstić information content (AvgIpc) is 3.58. The zero-order chi connectivity index (χ0) is 29.0. The molecule has 1 saturated carbocycles. The van der Waals surface area contributed by atoms with Crippen LogP contribution in [0.1, 0.15) is 84.9 Å². The number of carbonyl (C=O) groups is 2. The Hall–Kier alpha value is -3.69. The van der Waals surface area contributed by atoms with E-state index in [1.54, 1.807) is 12.1 Å². The van der Waals surface area contributed by atoms with Gasteiger partial charge in [0.2, 0.25) is 5.78 Å². The summed E-state index contributed by atoms with van der Waals surface area (Å²) in [4.78, 5) is 30.2. The van der Waals surface area contributed by atoms with E-state index >= 15 is 0 Å². The van der Waals surface area contributed by atoms with Crippen molar-refractivity contribution in [3.05, 3.63) is 59.6 Å². The number of nitrogens with zero attached hydrogens (tertiary/aromatic N) is 3. The minimum atomic E-state index is -4.47. The van der Waals surface area contributed by atoms with Crippen molar-refractivity contribution >= 4 is 33.7 Å². The molecule has 1 aliphatic carbocycles. The molecular weight excluding hydrogens is 533 g/mol. The molecule has 218 valence electrons. The lowest BCUT2D eigenvalue weighted by molar-refractivity contribution is -0.123. The number of rotatable bonds is 8. The monoisotopic (exact) mass is 568 g/mol. The van der Waals surface area contributed by atoms with Crippen molar-refractivity contribution in [2.75, 3.05) is 6.54 Å². The number of aryl methyl sites for hydroxylation is 1. The van der Waals surface area contributed by atoms with Crippen molar-refractivity contribution in [2.24, 2.45) is 11.8 Å². The topological polar surface area (TPSA) is 90.0 Å². The molecular formula is C31H35F3N4O3. The molecule has 0 saturated heterocycles. The van der Waals surface area contributed by atoms with Crippen molar-refractivity contribution in [2.45, 2.75) is 77.4 Å². The SMILES string of the molecule is CCCc1c(C(=O)NCC(F)(F)F)ccc2nn(CC3CCCCC(C(=O)c4nc5ccccc5o4)CCC3)cc12. The van der Waals surface area contributed by atoms with Gasteiger partial charge in [0.25, 0.3) is 11.8 Å². The summed E-state index contributed by atoms with van der Waals surface area (Å²) in [5, 5.41) is 7.55. The first-order chi connectivity index (χ1) is 19.7. The zero-order valence-corrected chi connectivity index (χ0v) is 23.2. The summed E-state index contributed by atoms with van der Waals surface area (Å²) in [5.41, 5.74) is 3.04.